The summed E-state index contributed by atoms with van der Waals surface area (Å²) < 4.78 is 0. The van der Waals surface area contributed by atoms with Crippen molar-refractivity contribution in [1.82, 2.24) is 10.2 Å². The van der Waals surface area contributed by atoms with Gasteiger partial charge in [-0.1, -0.05) is 74.7 Å². The fraction of sp³-hybridized carbons (Fsp3) is 0.333. The van der Waals surface area contributed by atoms with Gasteiger partial charge in [-0.05, 0) is 30.0 Å². The minimum atomic E-state index is -0.772. The second kappa shape index (κ2) is 10.9. The Morgan fingerprint density at radius 2 is 1.75 bits per heavy atom. The Morgan fingerprint density at radius 3 is 2.39 bits per heavy atom. The molecule has 0 radical (unpaired) electrons. The van der Waals surface area contributed by atoms with E-state index in [0.29, 0.717) is 12.1 Å². The third-order valence-corrected chi connectivity index (χ3v) is 4.66. The predicted octanol–water partition coefficient (Wildman–Crippen LogP) is 3.98. The van der Waals surface area contributed by atoms with Crippen LogP contribution in [0, 0.1) is 12.3 Å². The molecular weight excluding hydrogens is 348 g/mol. The van der Waals surface area contributed by atoms with Crippen LogP contribution in [-0.4, -0.2) is 29.8 Å². The van der Waals surface area contributed by atoms with Crippen LogP contribution in [0.2, 0.25) is 0 Å². The molecule has 0 saturated heterocycles. The van der Waals surface area contributed by atoms with Crippen molar-refractivity contribution in [2.45, 2.75) is 39.2 Å². The molecule has 0 aliphatic heterocycles. The van der Waals surface area contributed by atoms with E-state index in [1.807, 2.05) is 55.5 Å². The maximum absolute atomic E-state index is 13.4. The number of amides is 2. The maximum Gasteiger partial charge on any atom is 0.255 e. The highest BCUT2D eigenvalue weighted by molar-refractivity contribution is 5.99. The first-order chi connectivity index (χ1) is 13.6. The number of nitrogens with one attached hydrogen (secondary N) is 1. The molecule has 146 valence electrons. The summed E-state index contributed by atoms with van der Waals surface area (Å²) in [7, 11) is 0. The van der Waals surface area contributed by atoms with Crippen molar-refractivity contribution < 1.29 is 9.59 Å². The van der Waals surface area contributed by atoms with Gasteiger partial charge in [-0.2, -0.15) is 0 Å². The summed E-state index contributed by atoms with van der Waals surface area (Å²) in [4.78, 5) is 28.0. The lowest BCUT2D eigenvalue weighted by molar-refractivity contribution is -0.125. The molecule has 2 aromatic carbocycles. The lowest BCUT2D eigenvalue weighted by Crippen LogP contribution is -2.44. The molecule has 0 fully saturated rings. The molecular formula is C24H28N2O2. The normalized spacial score (nSPS) is 11.3. The highest BCUT2D eigenvalue weighted by Gasteiger charge is 2.32. The van der Waals surface area contributed by atoms with Crippen molar-refractivity contribution in [3.05, 3.63) is 71.3 Å². The Bertz CT molecular complexity index is 824. The van der Waals surface area contributed by atoms with E-state index in [4.69, 9.17) is 6.42 Å². The molecule has 2 aromatic rings. The molecule has 4 nitrogen and oxygen atoms in total. The smallest absolute Gasteiger partial charge is 0.255 e. The summed E-state index contributed by atoms with van der Waals surface area (Å²) in [6.45, 7) is 4.69. The van der Waals surface area contributed by atoms with Crippen LogP contribution in [0.5, 0.6) is 0 Å². The average molecular weight is 377 g/mol. The Hall–Kier alpha value is -3.06. The van der Waals surface area contributed by atoms with E-state index in [9.17, 15) is 9.59 Å². The standard InChI is InChI=1S/C24H28N2O2/c1-4-7-17-25-23(27)22(20-14-9-8-10-15-20)26(18-5-2)24(28)21-16-12-11-13-19(21)6-3/h2,8-16,22H,4,6-7,17-18H2,1,3H3,(H,25,27). The van der Waals surface area contributed by atoms with E-state index in [2.05, 4.69) is 18.2 Å². The van der Waals surface area contributed by atoms with Crippen molar-refractivity contribution in [3.63, 3.8) is 0 Å². The van der Waals surface area contributed by atoms with Crippen molar-refractivity contribution in [3.8, 4) is 12.3 Å². The van der Waals surface area contributed by atoms with Crippen molar-refractivity contribution in [2.75, 3.05) is 13.1 Å². The first-order valence-electron chi connectivity index (χ1n) is 9.79. The molecule has 0 aliphatic rings. The van der Waals surface area contributed by atoms with Gasteiger partial charge >= 0.3 is 0 Å². The van der Waals surface area contributed by atoms with E-state index < -0.39 is 6.04 Å². The zero-order chi connectivity index (χ0) is 20.4. The number of aryl methyl sites for hydroxylation is 1. The van der Waals surface area contributed by atoms with Crippen molar-refractivity contribution >= 4 is 11.8 Å². The largest absolute Gasteiger partial charge is 0.354 e. The number of hydrogen-bond acceptors (Lipinski definition) is 2. The fourth-order valence-electron chi connectivity index (χ4n) is 3.16. The Kier molecular flexibility index (Phi) is 8.30. The fourth-order valence-corrected chi connectivity index (χ4v) is 3.16. The van der Waals surface area contributed by atoms with Gasteiger partial charge in [0, 0.05) is 12.1 Å². The minimum Gasteiger partial charge on any atom is -0.354 e. The molecule has 1 unspecified atom stereocenters. The van der Waals surface area contributed by atoms with E-state index in [-0.39, 0.29) is 18.4 Å². The topological polar surface area (TPSA) is 49.4 Å². The summed E-state index contributed by atoms with van der Waals surface area (Å²) >= 11 is 0. The van der Waals surface area contributed by atoms with Crippen LogP contribution < -0.4 is 5.32 Å². The molecule has 1 atom stereocenters. The molecule has 0 heterocycles. The summed E-state index contributed by atoms with van der Waals surface area (Å²) in [5, 5.41) is 2.95. The number of rotatable bonds is 9. The number of carbonyl (C=O) groups is 2. The molecule has 2 rings (SSSR count). The monoisotopic (exact) mass is 376 g/mol. The molecule has 28 heavy (non-hydrogen) atoms. The van der Waals surface area contributed by atoms with Crippen LogP contribution in [0.3, 0.4) is 0 Å². The van der Waals surface area contributed by atoms with Crippen LogP contribution in [0.1, 0.15) is 54.2 Å². The van der Waals surface area contributed by atoms with Crippen LogP contribution in [0.4, 0.5) is 0 Å². The number of carbonyl (C=O) groups excluding carboxylic acids is 2. The van der Waals surface area contributed by atoms with Gasteiger partial charge in [0.2, 0.25) is 5.91 Å². The Morgan fingerprint density at radius 1 is 1.07 bits per heavy atom. The zero-order valence-electron chi connectivity index (χ0n) is 16.7. The number of terminal acetylenes is 1. The number of hydrogen-bond donors (Lipinski definition) is 1. The number of benzene rings is 2. The van der Waals surface area contributed by atoms with Gasteiger partial charge in [0.25, 0.3) is 5.91 Å². The van der Waals surface area contributed by atoms with Gasteiger partial charge in [-0.25, -0.2) is 0 Å². The van der Waals surface area contributed by atoms with Gasteiger partial charge in [0.15, 0.2) is 0 Å². The summed E-state index contributed by atoms with van der Waals surface area (Å²) in [5.74, 6) is 2.12. The lowest BCUT2D eigenvalue weighted by atomic mass is 10.00. The molecule has 0 aliphatic carbocycles. The average Bonchev–Trinajstić information content (AvgIpc) is 2.74. The summed E-state index contributed by atoms with van der Waals surface area (Å²) in [6.07, 6.45) is 8.17. The first kappa shape index (κ1) is 21.2. The van der Waals surface area contributed by atoms with Crippen LogP contribution in [0.15, 0.2) is 54.6 Å². The second-order valence-corrected chi connectivity index (χ2v) is 6.61. The van der Waals surface area contributed by atoms with Crippen molar-refractivity contribution in [1.29, 1.82) is 0 Å². The lowest BCUT2D eigenvalue weighted by Gasteiger charge is -2.30. The van der Waals surface area contributed by atoms with Gasteiger partial charge in [0.05, 0.1) is 6.54 Å². The summed E-state index contributed by atoms with van der Waals surface area (Å²) in [5.41, 5.74) is 2.27. The van der Waals surface area contributed by atoms with E-state index in [0.717, 1.165) is 30.4 Å². The SMILES string of the molecule is C#CCN(C(=O)c1ccccc1CC)C(C(=O)NCCCC)c1ccccc1. The quantitative estimate of drug-likeness (QED) is 0.532. The van der Waals surface area contributed by atoms with Crippen molar-refractivity contribution in [2.24, 2.45) is 0 Å². The van der Waals surface area contributed by atoms with Crippen LogP contribution >= 0.6 is 0 Å². The molecule has 0 spiro atoms. The zero-order valence-corrected chi connectivity index (χ0v) is 16.7. The maximum atomic E-state index is 13.4. The highest BCUT2D eigenvalue weighted by atomic mass is 16.2. The number of unbranched alkanes of at least 4 members (excludes halogenated alkanes) is 1. The second-order valence-electron chi connectivity index (χ2n) is 6.61. The Balaban J connectivity index is 2.44. The first-order valence-corrected chi connectivity index (χ1v) is 9.79. The van der Waals surface area contributed by atoms with E-state index >= 15 is 0 Å². The molecule has 0 saturated carbocycles. The van der Waals surface area contributed by atoms with E-state index in [1.165, 1.54) is 4.90 Å². The molecule has 2 amide bonds. The summed E-state index contributed by atoms with van der Waals surface area (Å²) in [6, 6.07) is 16.0. The minimum absolute atomic E-state index is 0.0532. The molecule has 4 heteroatoms. The van der Waals surface area contributed by atoms with Gasteiger partial charge < -0.3 is 10.2 Å². The third kappa shape index (κ3) is 5.23. The Labute approximate surface area is 167 Å². The molecule has 0 aromatic heterocycles. The predicted molar refractivity (Wildman–Crippen MR) is 113 cm³/mol. The van der Waals surface area contributed by atoms with Crippen LogP contribution in [0.25, 0.3) is 0 Å². The third-order valence-electron chi connectivity index (χ3n) is 4.66. The van der Waals surface area contributed by atoms with Gasteiger partial charge in [-0.15, -0.1) is 6.42 Å². The van der Waals surface area contributed by atoms with Crippen LogP contribution in [-0.2, 0) is 11.2 Å². The van der Waals surface area contributed by atoms with E-state index in [1.54, 1.807) is 6.07 Å². The van der Waals surface area contributed by atoms with Gasteiger partial charge in [-0.3, -0.25) is 9.59 Å². The molecule has 1 N–H and O–H groups in total. The van der Waals surface area contributed by atoms with Gasteiger partial charge in [0.1, 0.15) is 6.04 Å². The number of nitrogens with zero attached hydrogens (tertiary/aromatic N) is 1. The highest BCUT2D eigenvalue weighted by Crippen LogP contribution is 2.24. The molecule has 0 bridgehead atoms.